The predicted molar refractivity (Wildman–Crippen MR) is 123 cm³/mol. The third kappa shape index (κ3) is 7.73. The van der Waals surface area contributed by atoms with Crippen LogP contribution in [0.5, 0.6) is 0 Å². The van der Waals surface area contributed by atoms with Gasteiger partial charge in [0.05, 0.1) is 17.9 Å². The average molecular weight is 514 g/mol. The van der Waals surface area contributed by atoms with E-state index < -0.39 is 36.5 Å². The third-order valence-electron chi connectivity index (χ3n) is 8.66. The number of likely N-dealkylation sites (tertiary alicyclic amines) is 1. The number of hydrogen-bond donors (Lipinski definition) is 1. The third-order valence-corrected chi connectivity index (χ3v) is 8.66. The molecular weight excluding hydrogens is 472 g/mol. The Morgan fingerprint density at radius 2 is 1.46 bits per heavy atom. The summed E-state index contributed by atoms with van der Waals surface area (Å²) >= 11 is 0. The van der Waals surface area contributed by atoms with E-state index in [9.17, 15) is 31.1 Å². The van der Waals surface area contributed by atoms with Gasteiger partial charge in [0.15, 0.2) is 0 Å². The Bertz CT molecular complexity index is 649. The summed E-state index contributed by atoms with van der Waals surface area (Å²) in [6.45, 7) is 1.82. The van der Waals surface area contributed by atoms with Crippen LogP contribution in [0.2, 0.25) is 0 Å². The van der Waals surface area contributed by atoms with Gasteiger partial charge < -0.3 is 10.2 Å². The molecule has 0 radical (unpaired) electrons. The molecule has 0 aromatic carbocycles. The van der Waals surface area contributed by atoms with Crippen LogP contribution >= 0.6 is 0 Å². The normalized spacial score (nSPS) is 29.2. The molecule has 1 aliphatic heterocycles. The zero-order valence-electron chi connectivity index (χ0n) is 20.9. The SMILES string of the molecule is CNC1CCN(C(C(=O)N(C)CCC2CC(C(F)(F)F)CC(C(F)(F)F)C2)C2CCCCC2)CC1. The molecule has 10 heteroatoms. The summed E-state index contributed by atoms with van der Waals surface area (Å²) in [5.74, 6) is -4.34. The number of halogens is 6. The summed E-state index contributed by atoms with van der Waals surface area (Å²) in [4.78, 5) is 17.5. The zero-order valence-corrected chi connectivity index (χ0v) is 20.9. The lowest BCUT2D eigenvalue weighted by molar-refractivity contribution is -0.229. The van der Waals surface area contributed by atoms with Crippen LogP contribution in [0.25, 0.3) is 0 Å². The number of likely N-dealkylation sites (N-methyl/N-ethyl adjacent to an activating group) is 1. The van der Waals surface area contributed by atoms with Gasteiger partial charge in [-0.1, -0.05) is 19.3 Å². The summed E-state index contributed by atoms with van der Waals surface area (Å²) in [6, 6.07) is 0.177. The molecule has 0 bridgehead atoms. The van der Waals surface area contributed by atoms with E-state index in [2.05, 4.69) is 10.2 Å². The summed E-state index contributed by atoms with van der Waals surface area (Å²) < 4.78 is 80.0. The Kier molecular flexibility index (Phi) is 9.79. The molecule has 3 aliphatic rings. The molecule has 4 nitrogen and oxygen atoms in total. The molecule has 1 heterocycles. The first-order valence-electron chi connectivity index (χ1n) is 13.2. The second kappa shape index (κ2) is 12.0. The van der Waals surface area contributed by atoms with Crippen LogP contribution in [0.15, 0.2) is 0 Å². The molecule has 35 heavy (non-hydrogen) atoms. The van der Waals surface area contributed by atoms with E-state index in [-0.39, 0.29) is 43.7 Å². The van der Waals surface area contributed by atoms with Gasteiger partial charge >= 0.3 is 12.4 Å². The fraction of sp³-hybridized carbons (Fsp3) is 0.960. The Labute approximate surface area is 205 Å². The van der Waals surface area contributed by atoms with Gasteiger partial charge in [-0.2, -0.15) is 26.3 Å². The van der Waals surface area contributed by atoms with Crippen molar-refractivity contribution in [2.24, 2.45) is 23.7 Å². The van der Waals surface area contributed by atoms with Crippen LogP contribution in [0, 0.1) is 23.7 Å². The zero-order chi connectivity index (χ0) is 25.8. The molecule has 3 rings (SSSR count). The number of carbonyl (C=O) groups excluding carboxylic acids is 1. The minimum atomic E-state index is -4.63. The highest BCUT2D eigenvalue weighted by atomic mass is 19.4. The van der Waals surface area contributed by atoms with E-state index in [1.54, 1.807) is 11.9 Å². The maximum atomic E-state index is 13.6. The van der Waals surface area contributed by atoms with Gasteiger partial charge in [-0.05, 0) is 70.3 Å². The fourth-order valence-corrected chi connectivity index (χ4v) is 6.49. The van der Waals surface area contributed by atoms with Gasteiger partial charge in [0.1, 0.15) is 0 Å². The summed E-state index contributed by atoms with van der Waals surface area (Å²) in [6.07, 6.45) is -3.33. The minimum absolute atomic E-state index is 0.0321. The van der Waals surface area contributed by atoms with Gasteiger partial charge in [0.2, 0.25) is 5.91 Å². The van der Waals surface area contributed by atoms with Crippen molar-refractivity contribution >= 4 is 5.91 Å². The van der Waals surface area contributed by atoms with Crippen LogP contribution in [0.1, 0.15) is 70.6 Å². The van der Waals surface area contributed by atoms with Crippen molar-refractivity contribution in [2.75, 3.05) is 33.7 Å². The number of piperidine rings is 1. The molecule has 1 saturated heterocycles. The smallest absolute Gasteiger partial charge is 0.344 e. The largest absolute Gasteiger partial charge is 0.391 e. The number of amides is 1. The Morgan fingerprint density at radius 1 is 0.914 bits per heavy atom. The summed E-state index contributed by atoms with van der Waals surface area (Å²) in [5, 5.41) is 3.30. The molecule has 0 aromatic heterocycles. The number of rotatable bonds is 7. The van der Waals surface area contributed by atoms with Crippen LogP contribution in [-0.2, 0) is 4.79 Å². The van der Waals surface area contributed by atoms with E-state index >= 15 is 0 Å². The molecule has 3 fully saturated rings. The van der Waals surface area contributed by atoms with Crippen LogP contribution in [-0.4, -0.2) is 73.9 Å². The lowest BCUT2D eigenvalue weighted by Crippen LogP contribution is -2.55. The molecule has 1 N–H and O–H groups in total. The van der Waals surface area contributed by atoms with E-state index in [1.165, 1.54) is 0 Å². The second-order valence-corrected chi connectivity index (χ2v) is 11.0. The van der Waals surface area contributed by atoms with Crippen LogP contribution in [0.3, 0.4) is 0 Å². The van der Waals surface area contributed by atoms with E-state index in [1.807, 2.05) is 7.05 Å². The Balaban J connectivity index is 1.64. The standard InChI is InChI=1S/C25H41F6N3O/c1-32-21-9-12-34(13-10-21)22(18-6-4-3-5-7-18)23(35)33(2)11-8-17-14-19(24(26,27)28)16-20(15-17)25(29,30)31/h17-22,32H,3-16H2,1-2H3. The van der Waals surface area contributed by atoms with Gasteiger partial charge in [-0.3, -0.25) is 9.69 Å². The lowest BCUT2D eigenvalue weighted by atomic mass is 9.73. The van der Waals surface area contributed by atoms with Crippen molar-refractivity contribution in [2.45, 2.75) is 95.1 Å². The Hall–Kier alpha value is -1.03. The molecule has 3 atom stereocenters. The molecular formula is C25H41F6N3O. The Morgan fingerprint density at radius 3 is 1.94 bits per heavy atom. The first-order chi connectivity index (χ1) is 16.4. The fourth-order valence-electron chi connectivity index (χ4n) is 6.49. The van der Waals surface area contributed by atoms with Crippen LogP contribution < -0.4 is 5.32 Å². The number of nitrogens with zero attached hydrogens (tertiary/aromatic N) is 2. The number of hydrogen-bond acceptors (Lipinski definition) is 3. The second-order valence-electron chi connectivity index (χ2n) is 11.0. The van der Waals surface area contributed by atoms with Gasteiger partial charge in [-0.25, -0.2) is 0 Å². The first kappa shape index (κ1) is 28.5. The van der Waals surface area contributed by atoms with Gasteiger partial charge in [0.25, 0.3) is 0 Å². The molecule has 2 saturated carbocycles. The highest BCUT2D eigenvalue weighted by Crippen LogP contribution is 2.48. The van der Waals surface area contributed by atoms with Crippen molar-refractivity contribution in [3.8, 4) is 0 Å². The minimum Gasteiger partial charge on any atom is -0.344 e. The van der Waals surface area contributed by atoms with Crippen molar-refractivity contribution in [3.05, 3.63) is 0 Å². The summed E-state index contributed by atoms with van der Waals surface area (Å²) in [7, 11) is 3.60. The molecule has 0 aromatic rings. The van der Waals surface area contributed by atoms with Crippen molar-refractivity contribution in [1.29, 1.82) is 0 Å². The molecule has 0 spiro atoms. The predicted octanol–water partition coefficient (Wildman–Crippen LogP) is 5.62. The number of alkyl halides is 6. The van der Waals surface area contributed by atoms with Crippen molar-refractivity contribution < 1.29 is 31.1 Å². The first-order valence-corrected chi connectivity index (χ1v) is 13.2. The van der Waals surface area contributed by atoms with E-state index in [0.717, 1.165) is 58.0 Å². The lowest BCUT2D eigenvalue weighted by Gasteiger charge is -2.43. The number of nitrogens with one attached hydrogen (secondary N) is 1. The maximum Gasteiger partial charge on any atom is 0.391 e. The van der Waals surface area contributed by atoms with E-state index in [0.29, 0.717) is 6.04 Å². The molecule has 2 aliphatic carbocycles. The topological polar surface area (TPSA) is 35.6 Å². The highest BCUT2D eigenvalue weighted by molar-refractivity contribution is 5.82. The monoisotopic (exact) mass is 513 g/mol. The van der Waals surface area contributed by atoms with E-state index in [4.69, 9.17) is 0 Å². The maximum absolute atomic E-state index is 13.6. The number of carbonyl (C=O) groups is 1. The molecule has 1 amide bonds. The quantitative estimate of drug-likeness (QED) is 0.449. The average Bonchev–Trinajstić information content (AvgIpc) is 2.82. The molecule has 204 valence electrons. The van der Waals surface area contributed by atoms with Crippen molar-refractivity contribution in [3.63, 3.8) is 0 Å². The van der Waals surface area contributed by atoms with Gasteiger partial charge in [0, 0.05) is 32.7 Å². The van der Waals surface area contributed by atoms with Crippen molar-refractivity contribution in [1.82, 2.24) is 15.1 Å². The van der Waals surface area contributed by atoms with Gasteiger partial charge in [-0.15, -0.1) is 0 Å². The van der Waals surface area contributed by atoms with Crippen LogP contribution in [0.4, 0.5) is 26.3 Å². The summed E-state index contributed by atoms with van der Waals surface area (Å²) in [5.41, 5.74) is 0. The highest BCUT2D eigenvalue weighted by Gasteiger charge is 2.51. The molecule has 3 unspecified atom stereocenters.